The Labute approximate surface area is 150 Å². The molecular formula is C17H20N6OS. The Bertz CT molecular complexity index is 852. The molecule has 1 aliphatic heterocycles. The summed E-state index contributed by atoms with van der Waals surface area (Å²) in [4.78, 5) is 19.0. The van der Waals surface area contributed by atoms with Crippen LogP contribution in [-0.4, -0.2) is 53.1 Å². The molecule has 0 aromatic carbocycles. The fourth-order valence-electron chi connectivity index (χ4n) is 2.69. The van der Waals surface area contributed by atoms with Crippen LogP contribution in [0.15, 0.2) is 35.0 Å². The largest absolute Gasteiger partial charge is 0.422 e. The fraction of sp³-hybridized carbons (Fsp3) is 0.353. The van der Waals surface area contributed by atoms with Gasteiger partial charge < -0.3 is 19.5 Å². The summed E-state index contributed by atoms with van der Waals surface area (Å²) in [6, 6.07) is 6.45. The van der Waals surface area contributed by atoms with Gasteiger partial charge >= 0.3 is 0 Å². The van der Waals surface area contributed by atoms with Gasteiger partial charge in [0.2, 0.25) is 0 Å². The van der Waals surface area contributed by atoms with Gasteiger partial charge in [-0.1, -0.05) is 6.07 Å². The van der Waals surface area contributed by atoms with E-state index in [1.54, 1.807) is 17.5 Å². The Balaban J connectivity index is 1.51. The van der Waals surface area contributed by atoms with E-state index in [0.717, 1.165) is 47.7 Å². The number of likely N-dealkylation sites (N-methyl/N-ethyl adjacent to an activating group) is 1. The zero-order valence-corrected chi connectivity index (χ0v) is 15.1. The van der Waals surface area contributed by atoms with Gasteiger partial charge in [-0.3, -0.25) is 0 Å². The molecule has 130 valence electrons. The minimum Gasteiger partial charge on any atom is -0.422 e. The van der Waals surface area contributed by atoms with Crippen LogP contribution >= 0.6 is 11.3 Å². The van der Waals surface area contributed by atoms with Crippen molar-refractivity contribution in [2.75, 3.05) is 43.4 Å². The molecule has 0 aliphatic carbocycles. The smallest absolute Gasteiger partial charge is 0.297 e. The van der Waals surface area contributed by atoms with Crippen molar-refractivity contribution in [2.45, 2.75) is 6.92 Å². The summed E-state index contributed by atoms with van der Waals surface area (Å²) in [5, 5.41) is 4.06. The minimum absolute atomic E-state index is 0.666. The summed E-state index contributed by atoms with van der Waals surface area (Å²) < 4.78 is 5.95. The highest BCUT2D eigenvalue weighted by atomic mass is 32.1. The summed E-state index contributed by atoms with van der Waals surface area (Å²) in [7, 11) is 2.13. The van der Waals surface area contributed by atoms with Crippen molar-refractivity contribution in [1.29, 1.82) is 0 Å². The standard InChI is InChI=1S/C17H20N6OS/c1-12-10-18-16(25-12)21-15-5-3-4-13(20-15)14-11-19-17(24-14)23-8-6-22(2)7-9-23/h3-5,10-11H,6-9H2,1-2H3,(H,18,20,21). The van der Waals surface area contributed by atoms with E-state index < -0.39 is 0 Å². The maximum Gasteiger partial charge on any atom is 0.297 e. The molecule has 4 heterocycles. The third kappa shape index (κ3) is 3.64. The molecule has 3 aromatic rings. The van der Waals surface area contributed by atoms with Crippen LogP contribution in [0.25, 0.3) is 11.5 Å². The molecular weight excluding hydrogens is 336 g/mol. The van der Waals surface area contributed by atoms with Crippen molar-refractivity contribution in [1.82, 2.24) is 19.9 Å². The molecule has 25 heavy (non-hydrogen) atoms. The number of hydrogen-bond acceptors (Lipinski definition) is 8. The average molecular weight is 356 g/mol. The maximum absolute atomic E-state index is 5.95. The van der Waals surface area contributed by atoms with Gasteiger partial charge in [-0.15, -0.1) is 11.3 Å². The van der Waals surface area contributed by atoms with E-state index in [-0.39, 0.29) is 0 Å². The Morgan fingerprint density at radius 2 is 1.96 bits per heavy atom. The van der Waals surface area contributed by atoms with Gasteiger partial charge in [0.05, 0.1) is 6.20 Å². The van der Waals surface area contributed by atoms with E-state index in [1.165, 1.54) is 0 Å². The number of anilines is 3. The van der Waals surface area contributed by atoms with Crippen molar-refractivity contribution < 1.29 is 4.42 Å². The highest BCUT2D eigenvalue weighted by Crippen LogP contribution is 2.26. The number of nitrogens with one attached hydrogen (secondary N) is 1. The van der Waals surface area contributed by atoms with Gasteiger partial charge in [0, 0.05) is 37.3 Å². The molecule has 7 nitrogen and oxygen atoms in total. The number of rotatable bonds is 4. The molecule has 8 heteroatoms. The van der Waals surface area contributed by atoms with E-state index in [0.29, 0.717) is 11.8 Å². The summed E-state index contributed by atoms with van der Waals surface area (Å²) in [5.74, 6) is 1.41. The van der Waals surface area contributed by atoms with Gasteiger partial charge in [0.1, 0.15) is 11.5 Å². The van der Waals surface area contributed by atoms with Crippen LogP contribution in [0, 0.1) is 6.92 Å². The van der Waals surface area contributed by atoms with E-state index >= 15 is 0 Å². The van der Waals surface area contributed by atoms with Crippen LogP contribution in [0.4, 0.5) is 17.0 Å². The molecule has 0 spiro atoms. The van der Waals surface area contributed by atoms with Crippen molar-refractivity contribution in [2.24, 2.45) is 0 Å². The Kier molecular flexibility index (Phi) is 4.37. The lowest BCUT2D eigenvalue weighted by molar-refractivity contribution is 0.305. The lowest BCUT2D eigenvalue weighted by atomic mass is 10.3. The summed E-state index contributed by atoms with van der Waals surface area (Å²) >= 11 is 1.60. The molecule has 0 saturated carbocycles. The van der Waals surface area contributed by atoms with Gasteiger partial charge in [0.25, 0.3) is 6.01 Å². The van der Waals surface area contributed by atoms with Crippen LogP contribution in [0.1, 0.15) is 4.88 Å². The number of piperazine rings is 1. The van der Waals surface area contributed by atoms with Crippen LogP contribution in [-0.2, 0) is 0 Å². The van der Waals surface area contributed by atoms with E-state index in [9.17, 15) is 0 Å². The molecule has 0 unspecified atom stereocenters. The molecule has 1 aliphatic rings. The van der Waals surface area contributed by atoms with Gasteiger partial charge in [-0.25, -0.2) is 15.0 Å². The molecule has 0 radical (unpaired) electrons. The quantitative estimate of drug-likeness (QED) is 0.770. The number of aryl methyl sites for hydroxylation is 1. The van der Waals surface area contributed by atoms with Crippen LogP contribution in [0.2, 0.25) is 0 Å². The van der Waals surface area contributed by atoms with Crippen LogP contribution in [0.5, 0.6) is 0 Å². The molecule has 0 amide bonds. The lowest BCUT2D eigenvalue weighted by Gasteiger charge is -2.31. The summed E-state index contributed by atoms with van der Waals surface area (Å²) in [5.41, 5.74) is 0.756. The first-order valence-corrected chi connectivity index (χ1v) is 9.05. The summed E-state index contributed by atoms with van der Waals surface area (Å²) in [6.45, 7) is 5.91. The molecule has 1 saturated heterocycles. The Morgan fingerprint density at radius 3 is 2.72 bits per heavy atom. The van der Waals surface area contributed by atoms with Crippen molar-refractivity contribution in [3.63, 3.8) is 0 Å². The van der Waals surface area contributed by atoms with Crippen LogP contribution in [0.3, 0.4) is 0 Å². The van der Waals surface area contributed by atoms with Crippen LogP contribution < -0.4 is 10.2 Å². The predicted octanol–water partition coefficient (Wildman–Crippen LogP) is 3.00. The van der Waals surface area contributed by atoms with Crippen molar-refractivity contribution >= 4 is 28.3 Å². The van der Waals surface area contributed by atoms with Crippen molar-refractivity contribution in [3.8, 4) is 11.5 Å². The lowest BCUT2D eigenvalue weighted by Crippen LogP contribution is -2.44. The number of pyridine rings is 1. The number of hydrogen-bond donors (Lipinski definition) is 1. The second kappa shape index (κ2) is 6.81. The number of nitrogens with zero attached hydrogens (tertiary/aromatic N) is 5. The first kappa shape index (κ1) is 16.0. The van der Waals surface area contributed by atoms with Gasteiger partial charge in [-0.05, 0) is 26.1 Å². The van der Waals surface area contributed by atoms with E-state index in [4.69, 9.17) is 4.42 Å². The highest BCUT2D eigenvalue weighted by molar-refractivity contribution is 7.15. The van der Waals surface area contributed by atoms with Gasteiger partial charge in [0.15, 0.2) is 10.9 Å². The fourth-order valence-corrected chi connectivity index (χ4v) is 3.36. The number of aromatic nitrogens is 3. The molecule has 1 fully saturated rings. The third-order valence-corrected chi connectivity index (χ3v) is 4.95. The second-order valence-corrected chi connectivity index (χ2v) is 7.34. The molecule has 1 N–H and O–H groups in total. The average Bonchev–Trinajstić information content (AvgIpc) is 3.25. The number of oxazole rings is 1. The summed E-state index contributed by atoms with van der Waals surface area (Å²) in [6.07, 6.45) is 3.59. The SMILES string of the molecule is Cc1cnc(Nc2cccc(-c3cnc(N4CCN(C)CC4)o3)n2)s1. The first-order chi connectivity index (χ1) is 12.2. The topological polar surface area (TPSA) is 70.3 Å². The van der Waals surface area contributed by atoms with E-state index in [2.05, 4.69) is 37.1 Å². The zero-order chi connectivity index (χ0) is 17.2. The maximum atomic E-state index is 5.95. The number of thiazole rings is 1. The van der Waals surface area contributed by atoms with E-state index in [1.807, 2.05) is 31.3 Å². The Morgan fingerprint density at radius 1 is 1.12 bits per heavy atom. The molecule has 0 atom stereocenters. The third-order valence-electron chi connectivity index (χ3n) is 4.13. The molecule has 0 bridgehead atoms. The minimum atomic E-state index is 0.666. The molecule has 4 rings (SSSR count). The predicted molar refractivity (Wildman–Crippen MR) is 99.6 cm³/mol. The first-order valence-electron chi connectivity index (χ1n) is 8.23. The Hall–Kier alpha value is -2.45. The van der Waals surface area contributed by atoms with Crippen molar-refractivity contribution in [3.05, 3.63) is 35.5 Å². The highest BCUT2D eigenvalue weighted by Gasteiger charge is 2.19. The second-order valence-electron chi connectivity index (χ2n) is 6.11. The normalized spacial score (nSPS) is 15.5. The monoisotopic (exact) mass is 356 g/mol. The zero-order valence-electron chi connectivity index (χ0n) is 14.3. The molecule has 3 aromatic heterocycles. The van der Waals surface area contributed by atoms with Gasteiger partial charge in [-0.2, -0.15) is 0 Å².